The van der Waals surface area contributed by atoms with Crippen LogP contribution in [-0.4, -0.2) is 30.9 Å². The highest BCUT2D eigenvalue weighted by Crippen LogP contribution is 2.34. The number of aromatic nitrogens is 1. The van der Waals surface area contributed by atoms with Crippen molar-refractivity contribution >= 4 is 11.9 Å². The van der Waals surface area contributed by atoms with E-state index in [1.165, 1.54) is 24.5 Å². The first-order chi connectivity index (χ1) is 15.6. The Morgan fingerprint density at radius 2 is 2.19 bits per heavy atom. The molecule has 2 saturated carbocycles. The van der Waals surface area contributed by atoms with Crippen molar-refractivity contribution in [2.45, 2.75) is 45.1 Å². The molecule has 1 unspecified atom stereocenters. The number of carbonyl (C=O) groups is 1. The van der Waals surface area contributed by atoms with Crippen LogP contribution in [0, 0.1) is 11.7 Å². The molecule has 8 nitrogen and oxygen atoms in total. The third-order valence-electron chi connectivity index (χ3n) is 6.01. The summed E-state index contributed by atoms with van der Waals surface area (Å²) in [6, 6.07) is 6.56. The van der Waals surface area contributed by atoms with Gasteiger partial charge in [0.05, 0.1) is 18.8 Å². The summed E-state index contributed by atoms with van der Waals surface area (Å²) in [5.74, 6) is 1.01. The predicted molar refractivity (Wildman–Crippen MR) is 117 cm³/mol. The fraction of sp³-hybridized carbons (Fsp3) is 0.478. The van der Waals surface area contributed by atoms with Crippen LogP contribution in [0.25, 0.3) is 0 Å². The number of urea groups is 1. The molecule has 3 aliphatic rings. The van der Waals surface area contributed by atoms with Crippen LogP contribution < -0.4 is 25.8 Å². The van der Waals surface area contributed by atoms with Gasteiger partial charge in [-0.1, -0.05) is 11.2 Å². The molecule has 2 aromatic rings. The number of hydrogen-bond acceptors (Lipinski definition) is 6. The minimum Gasteiger partial charge on any atom is -0.490 e. The average molecular weight is 442 g/mol. The van der Waals surface area contributed by atoms with E-state index in [1.807, 2.05) is 6.92 Å². The Balaban J connectivity index is 1.08. The molecule has 2 heterocycles. The highest BCUT2D eigenvalue weighted by Gasteiger charge is 2.32. The standard InChI is InChI=1S/C23H28FN5O3/c1-14(17-6-7-19(24)21(10-17)31-13-15-2-3-15)27-25-9-8-18-11-22(32-28-18)29-12-20(16-4-5-16)26-23(29)30/h6-7,10-11,14-15,25,27H,2-5,8-9,12-13H2,1H3,(H,26,30). The molecule has 170 valence electrons. The maximum absolute atomic E-state index is 14.0. The Bertz CT molecular complexity index is 1030. The third-order valence-corrected chi connectivity index (χ3v) is 6.01. The monoisotopic (exact) mass is 441 g/mol. The second-order valence-corrected chi connectivity index (χ2v) is 8.74. The Morgan fingerprint density at radius 3 is 2.97 bits per heavy atom. The molecule has 0 radical (unpaired) electrons. The van der Waals surface area contributed by atoms with Crippen LogP contribution in [0.4, 0.5) is 15.1 Å². The Labute approximate surface area is 186 Å². The van der Waals surface area contributed by atoms with Crippen molar-refractivity contribution in [3.63, 3.8) is 0 Å². The van der Waals surface area contributed by atoms with E-state index in [4.69, 9.17) is 9.26 Å². The lowest BCUT2D eigenvalue weighted by Crippen LogP contribution is -2.35. The average Bonchev–Trinajstić information content (AvgIpc) is 3.71. The third kappa shape index (κ3) is 4.94. The zero-order chi connectivity index (χ0) is 22.1. The van der Waals surface area contributed by atoms with E-state index in [0.29, 0.717) is 43.7 Å². The van der Waals surface area contributed by atoms with Crippen LogP contribution in [0.2, 0.25) is 0 Å². The first-order valence-corrected chi connectivity index (χ1v) is 11.2. The minimum absolute atomic E-state index is 0.0334. The largest absolute Gasteiger partial charge is 0.490 e. The lowest BCUT2D eigenvalue weighted by molar-refractivity contribution is 0.251. The fourth-order valence-corrected chi connectivity index (χ4v) is 3.65. The molecule has 3 fully saturated rings. The lowest BCUT2D eigenvalue weighted by Gasteiger charge is -2.16. The van der Waals surface area contributed by atoms with Crippen LogP contribution in [-0.2, 0) is 6.42 Å². The van der Waals surface area contributed by atoms with Gasteiger partial charge in [-0.2, -0.15) is 0 Å². The van der Waals surface area contributed by atoms with Gasteiger partial charge >= 0.3 is 6.03 Å². The molecule has 1 saturated heterocycles. The second kappa shape index (κ2) is 8.91. The summed E-state index contributed by atoms with van der Waals surface area (Å²) >= 11 is 0. The smallest absolute Gasteiger partial charge is 0.328 e. The first kappa shape index (κ1) is 21.0. The predicted octanol–water partition coefficient (Wildman–Crippen LogP) is 3.58. The molecule has 2 amide bonds. The van der Waals surface area contributed by atoms with Crippen molar-refractivity contribution < 1.29 is 18.4 Å². The summed E-state index contributed by atoms with van der Waals surface area (Å²) in [5.41, 5.74) is 10.4. The maximum atomic E-state index is 14.0. The van der Waals surface area contributed by atoms with Gasteiger partial charge < -0.3 is 14.6 Å². The van der Waals surface area contributed by atoms with Gasteiger partial charge in [-0.15, -0.1) is 0 Å². The molecule has 1 atom stereocenters. The number of carbonyl (C=O) groups excluding carboxylic acids is 1. The Hall–Kier alpha value is -2.91. The van der Waals surface area contributed by atoms with Crippen LogP contribution in [0.15, 0.2) is 40.1 Å². The molecule has 1 aliphatic heterocycles. The molecule has 0 bridgehead atoms. The van der Waals surface area contributed by atoms with Gasteiger partial charge in [0.15, 0.2) is 11.6 Å². The quantitative estimate of drug-likeness (QED) is 0.386. The lowest BCUT2D eigenvalue weighted by atomic mass is 10.1. The topological polar surface area (TPSA) is 91.7 Å². The molecule has 5 rings (SSSR count). The molecule has 3 N–H and O–H groups in total. The summed E-state index contributed by atoms with van der Waals surface area (Å²) in [6.45, 7) is 3.71. The van der Waals surface area contributed by atoms with E-state index in [0.717, 1.165) is 29.8 Å². The van der Waals surface area contributed by atoms with Crippen molar-refractivity contribution in [1.82, 2.24) is 21.3 Å². The van der Waals surface area contributed by atoms with Crippen LogP contribution >= 0.6 is 0 Å². The van der Waals surface area contributed by atoms with E-state index in [-0.39, 0.29) is 17.9 Å². The summed E-state index contributed by atoms with van der Waals surface area (Å²) in [6.07, 6.45) is 5.09. The van der Waals surface area contributed by atoms with Crippen molar-refractivity contribution in [1.29, 1.82) is 0 Å². The summed E-state index contributed by atoms with van der Waals surface area (Å²) < 4.78 is 25.0. The van der Waals surface area contributed by atoms with E-state index in [2.05, 4.69) is 21.3 Å². The summed E-state index contributed by atoms with van der Waals surface area (Å²) in [5, 5.41) is 6.98. The molecule has 1 aromatic carbocycles. The highest BCUT2D eigenvalue weighted by molar-refractivity contribution is 5.95. The Morgan fingerprint density at radius 1 is 1.34 bits per heavy atom. The van der Waals surface area contributed by atoms with Gasteiger partial charge in [0.25, 0.3) is 0 Å². The number of halogens is 1. The molecular weight excluding hydrogens is 413 g/mol. The Kier molecular flexibility index (Phi) is 5.84. The van der Waals surface area contributed by atoms with E-state index in [1.54, 1.807) is 23.1 Å². The van der Waals surface area contributed by atoms with Gasteiger partial charge in [-0.05, 0) is 61.8 Å². The molecule has 2 aliphatic carbocycles. The van der Waals surface area contributed by atoms with Crippen molar-refractivity contribution in [3.05, 3.63) is 52.6 Å². The normalized spacial score (nSPS) is 18.8. The van der Waals surface area contributed by atoms with Crippen molar-refractivity contribution in [2.75, 3.05) is 24.6 Å². The number of rotatable bonds is 10. The highest BCUT2D eigenvalue weighted by atomic mass is 19.1. The van der Waals surface area contributed by atoms with E-state index in [9.17, 15) is 9.18 Å². The van der Waals surface area contributed by atoms with Gasteiger partial charge in [-0.3, -0.25) is 15.8 Å². The minimum atomic E-state index is -0.330. The van der Waals surface area contributed by atoms with Crippen LogP contribution in [0.3, 0.4) is 0 Å². The van der Waals surface area contributed by atoms with Gasteiger partial charge in [0.2, 0.25) is 5.88 Å². The number of hydrazine groups is 1. The number of amides is 2. The van der Waals surface area contributed by atoms with Crippen LogP contribution in [0.5, 0.6) is 5.75 Å². The van der Waals surface area contributed by atoms with Gasteiger partial charge in [-0.25, -0.2) is 9.18 Å². The number of nitrogens with one attached hydrogen (secondary N) is 3. The number of hydrogen-bond donors (Lipinski definition) is 3. The molecule has 9 heteroatoms. The molecular formula is C23H28FN5O3. The number of anilines is 1. The summed E-state index contributed by atoms with van der Waals surface area (Å²) in [4.78, 5) is 13.7. The zero-order valence-corrected chi connectivity index (χ0v) is 18.1. The van der Waals surface area contributed by atoms with Crippen LogP contribution in [0.1, 0.15) is 49.9 Å². The summed E-state index contributed by atoms with van der Waals surface area (Å²) in [7, 11) is 0. The SMILES string of the molecule is CC(NNCCc1cc(N2CC(=C3CC3)NC2=O)on1)c1ccc(F)c(OCC2CC2)c1. The fourth-order valence-electron chi connectivity index (χ4n) is 3.65. The number of benzene rings is 1. The van der Waals surface area contributed by atoms with Crippen molar-refractivity contribution in [3.8, 4) is 5.75 Å². The van der Waals surface area contributed by atoms with Gasteiger partial charge in [0, 0.05) is 30.8 Å². The van der Waals surface area contributed by atoms with E-state index >= 15 is 0 Å². The molecule has 0 spiro atoms. The van der Waals surface area contributed by atoms with Crippen molar-refractivity contribution in [2.24, 2.45) is 5.92 Å². The molecule has 32 heavy (non-hydrogen) atoms. The maximum Gasteiger partial charge on any atom is 0.328 e. The second-order valence-electron chi connectivity index (χ2n) is 8.74. The molecule has 1 aromatic heterocycles. The van der Waals surface area contributed by atoms with Gasteiger partial charge in [0.1, 0.15) is 0 Å². The number of nitrogens with zero attached hydrogens (tertiary/aromatic N) is 2. The number of allylic oxidation sites excluding steroid dienone is 1. The van der Waals surface area contributed by atoms with E-state index < -0.39 is 0 Å². The first-order valence-electron chi connectivity index (χ1n) is 11.2. The zero-order valence-electron chi connectivity index (χ0n) is 18.1. The number of ether oxygens (including phenoxy) is 1.